The minimum absolute atomic E-state index is 0.135. The summed E-state index contributed by atoms with van der Waals surface area (Å²) in [4.78, 5) is 26.6. The van der Waals surface area contributed by atoms with E-state index in [0.29, 0.717) is 31.9 Å². The van der Waals surface area contributed by atoms with Crippen LogP contribution in [0.2, 0.25) is 0 Å². The fraction of sp³-hybridized carbons (Fsp3) is 0.600. The highest BCUT2D eigenvalue weighted by molar-refractivity contribution is 7.89. The summed E-state index contributed by atoms with van der Waals surface area (Å²) in [7, 11) is -1.57. The summed E-state index contributed by atoms with van der Waals surface area (Å²) in [6.07, 6.45) is 3.96. The number of nitrogens with one attached hydrogen (secondary N) is 2. The fourth-order valence-corrected chi connectivity index (χ4v) is 5.44. The Morgan fingerprint density at radius 2 is 1.62 bits per heavy atom. The van der Waals surface area contributed by atoms with E-state index in [1.165, 1.54) is 23.4 Å². The van der Waals surface area contributed by atoms with E-state index in [0.717, 1.165) is 25.7 Å². The number of piperazine rings is 1. The van der Waals surface area contributed by atoms with Crippen LogP contribution in [0.4, 0.5) is 5.69 Å². The highest BCUT2D eigenvalue weighted by atomic mass is 32.2. The third-order valence-electron chi connectivity index (χ3n) is 5.73. The number of benzene rings is 1. The molecule has 1 aliphatic carbocycles. The number of hydrogen-bond donors (Lipinski definition) is 2. The molecule has 2 amide bonds. The number of carbonyl (C=O) groups excluding carboxylic acids is 2. The number of carbonyl (C=O) groups is 2. The van der Waals surface area contributed by atoms with Crippen molar-refractivity contribution in [1.29, 1.82) is 0 Å². The summed E-state index contributed by atoms with van der Waals surface area (Å²) in [5.74, 6) is -0.358. The van der Waals surface area contributed by atoms with Crippen LogP contribution in [0, 0.1) is 5.92 Å². The van der Waals surface area contributed by atoms with Crippen LogP contribution < -0.4 is 10.6 Å². The Hall–Kier alpha value is -1.97. The van der Waals surface area contributed by atoms with Crippen LogP contribution in [0.1, 0.15) is 32.6 Å². The van der Waals surface area contributed by atoms with Crippen LogP contribution in [0.5, 0.6) is 0 Å². The SMILES string of the molecule is CC(=O)NC(C(=O)Nc1ccc(S(=O)(=O)N2CCN(C)CC2)cc1)C1CCCC1. The number of amides is 2. The van der Waals surface area contributed by atoms with Crippen molar-refractivity contribution in [2.45, 2.75) is 43.5 Å². The molecule has 0 spiro atoms. The molecule has 160 valence electrons. The van der Waals surface area contributed by atoms with Gasteiger partial charge in [-0.3, -0.25) is 9.59 Å². The first-order valence-corrected chi connectivity index (χ1v) is 11.6. The van der Waals surface area contributed by atoms with Crippen LogP contribution in [-0.4, -0.2) is 68.7 Å². The maximum atomic E-state index is 12.8. The van der Waals surface area contributed by atoms with Crippen molar-refractivity contribution in [1.82, 2.24) is 14.5 Å². The second-order valence-electron chi connectivity index (χ2n) is 7.94. The highest BCUT2D eigenvalue weighted by Crippen LogP contribution is 2.28. The fourth-order valence-electron chi connectivity index (χ4n) is 4.01. The van der Waals surface area contributed by atoms with Gasteiger partial charge in [0, 0.05) is 38.8 Å². The molecule has 1 heterocycles. The predicted molar refractivity (Wildman–Crippen MR) is 111 cm³/mol. The van der Waals surface area contributed by atoms with Gasteiger partial charge in [0.05, 0.1) is 4.90 Å². The zero-order valence-electron chi connectivity index (χ0n) is 17.1. The second kappa shape index (κ2) is 9.23. The number of sulfonamides is 1. The van der Waals surface area contributed by atoms with Crippen molar-refractivity contribution >= 4 is 27.5 Å². The Morgan fingerprint density at radius 1 is 1.03 bits per heavy atom. The highest BCUT2D eigenvalue weighted by Gasteiger charge is 2.31. The molecular formula is C20H30N4O4S. The third-order valence-corrected chi connectivity index (χ3v) is 7.65. The Labute approximate surface area is 172 Å². The summed E-state index contributed by atoms with van der Waals surface area (Å²) in [5.41, 5.74) is 0.515. The van der Waals surface area contributed by atoms with Crippen molar-refractivity contribution in [3.8, 4) is 0 Å². The molecule has 2 N–H and O–H groups in total. The average Bonchev–Trinajstić information content (AvgIpc) is 3.21. The van der Waals surface area contributed by atoms with Crippen LogP contribution in [0.25, 0.3) is 0 Å². The Morgan fingerprint density at radius 3 is 2.17 bits per heavy atom. The smallest absolute Gasteiger partial charge is 0.247 e. The molecule has 9 heteroatoms. The predicted octanol–water partition coefficient (Wildman–Crippen LogP) is 1.26. The quantitative estimate of drug-likeness (QED) is 0.719. The summed E-state index contributed by atoms with van der Waals surface area (Å²) >= 11 is 0. The molecule has 3 rings (SSSR count). The lowest BCUT2D eigenvalue weighted by molar-refractivity contribution is -0.126. The van der Waals surface area contributed by atoms with Crippen LogP contribution in [0.3, 0.4) is 0 Å². The molecule has 1 aliphatic heterocycles. The van der Waals surface area contributed by atoms with Gasteiger partial charge in [0.25, 0.3) is 0 Å². The summed E-state index contributed by atoms with van der Waals surface area (Å²) in [6.45, 7) is 3.76. The van der Waals surface area contributed by atoms with E-state index in [9.17, 15) is 18.0 Å². The molecule has 1 aromatic carbocycles. The van der Waals surface area contributed by atoms with Gasteiger partial charge in [-0.15, -0.1) is 0 Å². The first-order valence-electron chi connectivity index (χ1n) is 10.1. The summed E-state index contributed by atoms with van der Waals surface area (Å²) in [5, 5.41) is 5.59. The third kappa shape index (κ3) is 5.34. The van der Waals surface area contributed by atoms with Crippen molar-refractivity contribution in [3.63, 3.8) is 0 Å². The maximum Gasteiger partial charge on any atom is 0.247 e. The molecule has 2 fully saturated rings. The van der Waals surface area contributed by atoms with Crippen LogP contribution in [0.15, 0.2) is 29.2 Å². The van der Waals surface area contributed by atoms with Crippen molar-refractivity contribution in [2.24, 2.45) is 5.92 Å². The van der Waals surface area contributed by atoms with Crippen molar-refractivity contribution in [3.05, 3.63) is 24.3 Å². The molecule has 1 aromatic rings. The Bertz CT molecular complexity index is 827. The molecule has 2 aliphatic rings. The number of rotatable bonds is 6. The molecule has 0 bridgehead atoms. The Kier molecular flexibility index (Phi) is 6.92. The lowest BCUT2D eigenvalue weighted by Gasteiger charge is -2.31. The van der Waals surface area contributed by atoms with Gasteiger partial charge < -0.3 is 15.5 Å². The van der Waals surface area contributed by atoms with Gasteiger partial charge in [0.15, 0.2) is 0 Å². The molecule has 0 aromatic heterocycles. The number of nitrogens with zero attached hydrogens (tertiary/aromatic N) is 2. The lowest BCUT2D eigenvalue weighted by Crippen LogP contribution is -2.47. The normalized spacial score (nSPS) is 20.3. The molecule has 1 saturated heterocycles. The minimum atomic E-state index is -3.54. The number of anilines is 1. The zero-order chi connectivity index (χ0) is 21.0. The largest absolute Gasteiger partial charge is 0.344 e. The molecular weight excluding hydrogens is 392 g/mol. The van der Waals surface area contributed by atoms with E-state index in [1.807, 2.05) is 7.05 Å². The van der Waals surface area contributed by atoms with Gasteiger partial charge in [0.2, 0.25) is 21.8 Å². The maximum absolute atomic E-state index is 12.8. The minimum Gasteiger partial charge on any atom is -0.344 e. The van der Waals surface area contributed by atoms with Gasteiger partial charge in [-0.2, -0.15) is 4.31 Å². The van der Waals surface area contributed by atoms with Gasteiger partial charge in [0.1, 0.15) is 6.04 Å². The van der Waals surface area contributed by atoms with E-state index < -0.39 is 16.1 Å². The first kappa shape index (κ1) is 21.7. The summed E-state index contributed by atoms with van der Waals surface area (Å²) in [6, 6.07) is 5.67. The van der Waals surface area contributed by atoms with Gasteiger partial charge >= 0.3 is 0 Å². The second-order valence-corrected chi connectivity index (χ2v) is 9.88. The average molecular weight is 423 g/mol. The van der Waals surface area contributed by atoms with E-state index in [4.69, 9.17) is 0 Å². The van der Waals surface area contributed by atoms with E-state index in [1.54, 1.807) is 12.1 Å². The standard InChI is InChI=1S/C20H30N4O4S/c1-15(25)21-19(16-5-3-4-6-16)20(26)22-17-7-9-18(10-8-17)29(27,28)24-13-11-23(2)12-14-24/h7-10,16,19H,3-6,11-14H2,1-2H3,(H,21,25)(H,22,26). The molecule has 1 atom stereocenters. The molecule has 0 radical (unpaired) electrons. The summed E-state index contributed by atoms with van der Waals surface area (Å²) < 4.78 is 27.1. The van der Waals surface area contributed by atoms with Crippen molar-refractivity contribution < 1.29 is 18.0 Å². The van der Waals surface area contributed by atoms with Crippen LogP contribution in [-0.2, 0) is 19.6 Å². The van der Waals surface area contributed by atoms with E-state index in [2.05, 4.69) is 15.5 Å². The molecule has 8 nitrogen and oxygen atoms in total. The number of hydrogen-bond acceptors (Lipinski definition) is 5. The van der Waals surface area contributed by atoms with Gasteiger partial charge in [-0.25, -0.2) is 8.42 Å². The Balaban J connectivity index is 1.67. The molecule has 1 unspecified atom stereocenters. The number of likely N-dealkylation sites (N-methyl/N-ethyl adjacent to an activating group) is 1. The monoisotopic (exact) mass is 422 g/mol. The van der Waals surface area contributed by atoms with Crippen molar-refractivity contribution in [2.75, 3.05) is 38.5 Å². The van der Waals surface area contributed by atoms with Crippen LogP contribution >= 0.6 is 0 Å². The van der Waals surface area contributed by atoms with E-state index in [-0.39, 0.29) is 22.6 Å². The van der Waals surface area contributed by atoms with E-state index >= 15 is 0 Å². The zero-order valence-corrected chi connectivity index (χ0v) is 17.9. The van der Waals surface area contributed by atoms with Gasteiger partial charge in [-0.05, 0) is 50.1 Å². The van der Waals surface area contributed by atoms with Gasteiger partial charge in [-0.1, -0.05) is 12.8 Å². The first-order chi connectivity index (χ1) is 13.8. The topological polar surface area (TPSA) is 98.8 Å². The molecule has 1 saturated carbocycles. The molecule has 29 heavy (non-hydrogen) atoms. The lowest BCUT2D eigenvalue weighted by atomic mass is 9.97.